The van der Waals surface area contributed by atoms with E-state index in [1.54, 1.807) is 30.6 Å². The Hall–Kier alpha value is -4.25. The monoisotopic (exact) mass is 426 g/mol. The van der Waals surface area contributed by atoms with Crippen molar-refractivity contribution in [3.05, 3.63) is 78.1 Å². The van der Waals surface area contributed by atoms with Crippen LogP contribution in [0.25, 0.3) is 17.1 Å². The summed E-state index contributed by atoms with van der Waals surface area (Å²) in [5.74, 6) is 2.11. The molecule has 0 aliphatic heterocycles. The highest BCUT2D eigenvalue weighted by atomic mass is 16.4. The predicted octanol–water partition coefficient (Wildman–Crippen LogP) is 4.49. The Morgan fingerprint density at radius 3 is 2.66 bits per heavy atom. The summed E-state index contributed by atoms with van der Waals surface area (Å²) < 4.78 is 7.25. The zero-order valence-electron chi connectivity index (χ0n) is 17.8. The number of aryl methyl sites for hydroxylation is 1. The quantitative estimate of drug-likeness (QED) is 0.466. The fourth-order valence-corrected chi connectivity index (χ4v) is 3.21. The highest BCUT2D eigenvalue weighted by Crippen LogP contribution is 2.24. The Labute approximate surface area is 185 Å². The largest absolute Gasteiger partial charge is 0.441 e. The minimum absolute atomic E-state index is 0.143. The zero-order valence-corrected chi connectivity index (χ0v) is 17.8. The first-order valence-corrected chi connectivity index (χ1v) is 10.3. The third-order valence-corrected chi connectivity index (χ3v) is 5.00. The average molecular weight is 426 g/mol. The van der Waals surface area contributed by atoms with Crippen molar-refractivity contribution in [1.29, 1.82) is 5.26 Å². The number of carbonyl (C=O) groups excluding carboxylic acids is 1. The molecule has 8 heteroatoms. The Bertz CT molecular complexity index is 1250. The van der Waals surface area contributed by atoms with E-state index in [0.29, 0.717) is 29.8 Å². The lowest BCUT2D eigenvalue weighted by atomic mass is 10.0. The fraction of sp³-hybridized carbons (Fsp3) is 0.208. The highest BCUT2D eigenvalue weighted by Gasteiger charge is 2.16. The van der Waals surface area contributed by atoms with Crippen molar-refractivity contribution in [2.24, 2.45) is 0 Å². The van der Waals surface area contributed by atoms with Crippen LogP contribution in [-0.2, 0) is 11.2 Å². The van der Waals surface area contributed by atoms with E-state index in [1.807, 2.05) is 18.2 Å². The number of rotatable bonds is 7. The maximum atomic E-state index is 12.6. The van der Waals surface area contributed by atoms with E-state index in [0.717, 1.165) is 5.56 Å². The maximum Gasteiger partial charge on any atom is 0.226 e. The van der Waals surface area contributed by atoms with Crippen molar-refractivity contribution in [2.45, 2.75) is 32.6 Å². The van der Waals surface area contributed by atoms with Crippen molar-refractivity contribution in [2.75, 3.05) is 5.32 Å². The average Bonchev–Trinajstić information content (AvgIpc) is 3.45. The van der Waals surface area contributed by atoms with Crippen molar-refractivity contribution < 1.29 is 9.21 Å². The zero-order chi connectivity index (χ0) is 22.5. The number of oxazole rings is 1. The first kappa shape index (κ1) is 21.0. The van der Waals surface area contributed by atoms with Crippen LogP contribution in [-0.4, -0.2) is 25.7 Å². The molecule has 4 rings (SSSR count). The highest BCUT2D eigenvalue weighted by molar-refractivity contribution is 5.91. The second kappa shape index (κ2) is 9.27. The van der Waals surface area contributed by atoms with Crippen LogP contribution >= 0.6 is 0 Å². The molecule has 0 unspecified atom stereocenters. The van der Waals surface area contributed by atoms with E-state index in [2.05, 4.69) is 46.4 Å². The van der Waals surface area contributed by atoms with Crippen molar-refractivity contribution in [3.8, 4) is 23.2 Å². The van der Waals surface area contributed by atoms with Crippen molar-refractivity contribution in [1.82, 2.24) is 19.7 Å². The van der Waals surface area contributed by atoms with Crippen molar-refractivity contribution >= 4 is 11.7 Å². The molecule has 8 nitrogen and oxygen atoms in total. The lowest BCUT2D eigenvalue weighted by Crippen LogP contribution is -2.16. The van der Waals surface area contributed by atoms with Gasteiger partial charge in [0.1, 0.15) is 11.6 Å². The van der Waals surface area contributed by atoms with Gasteiger partial charge in [0.2, 0.25) is 5.91 Å². The van der Waals surface area contributed by atoms with E-state index in [-0.39, 0.29) is 23.7 Å². The van der Waals surface area contributed by atoms with Crippen LogP contribution in [0.2, 0.25) is 0 Å². The number of pyridine rings is 1. The molecular formula is C24H22N6O2. The van der Waals surface area contributed by atoms with Crippen LogP contribution < -0.4 is 5.32 Å². The number of nitriles is 1. The molecule has 0 saturated carbocycles. The first-order chi connectivity index (χ1) is 15.5. The number of hydrogen-bond acceptors (Lipinski definition) is 6. The molecule has 0 aliphatic rings. The number of nitrogens with one attached hydrogen (secondary N) is 1. The fourth-order valence-electron chi connectivity index (χ4n) is 3.21. The van der Waals surface area contributed by atoms with Gasteiger partial charge in [-0.25, -0.2) is 9.97 Å². The van der Waals surface area contributed by atoms with Gasteiger partial charge in [0.05, 0.1) is 12.4 Å². The van der Waals surface area contributed by atoms with Gasteiger partial charge in [-0.2, -0.15) is 15.0 Å². The SMILES string of the molecule is CC(C)c1ccc(-c2cnc(CCC(=O)Nc3c(C#N)cnn3-c3ccccn3)o2)cc1. The molecule has 160 valence electrons. The van der Waals surface area contributed by atoms with Crippen LogP contribution in [0.1, 0.15) is 43.2 Å². The van der Waals surface area contributed by atoms with Gasteiger partial charge in [0.15, 0.2) is 23.3 Å². The number of amides is 1. The van der Waals surface area contributed by atoms with Gasteiger partial charge in [0, 0.05) is 24.6 Å². The second-order valence-corrected chi connectivity index (χ2v) is 7.56. The molecule has 1 N–H and O–H groups in total. The normalized spacial score (nSPS) is 10.8. The Balaban J connectivity index is 1.41. The van der Waals surface area contributed by atoms with Gasteiger partial charge in [-0.05, 0) is 23.6 Å². The van der Waals surface area contributed by atoms with Gasteiger partial charge < -0.3 is 9.73 Å². The molecule has 32 heavy (non-hydrogen) atoms. The Morgan fingerprint density at radius 2 is 1.97 bits per heavy atom. The smallest absolute Gasteiger partial charge is 0.226 e. The Kier molecular flexibility index (Phi) is 6.08. The summed E-state index contributed by atoms with van der Waals surface area (Å²) in [6.07, 6.45) is 5.15. The number of anilines is 1. The molecule has 1 aromatic carbocycles. The minimum atomic E-state index is -0.278. The predicted molar refractivity (Wildman–Crippen MR) is 119 cm³/mol. The molecule has 0 bridgehead atoms. The van der Waals surface area contributed by atoms with Gasteiger partial charge in [-0.15, -0.1) is 0 Å². The summed E-state index contributed by atoms with van der Waals surface area (Å²) in [4.78, 5) is 21.1. The minimum Gasteiger partial charge on any atom is -0.441 e. The number of hydrogen-bond donors (Lipinski definition) is 1. The Morgan fingerprint density at radius 1 is 1.16 bits per heavy atom. The van der Waals surface area contributed by atoms with E-state index < -0.39 is 0 Å². The summed E-state index contributed by atoms with van der Waals surface area (Å²) in [6, 6.07) is 15.5. The molecule has 0 saturated heterocycles. The third kappa shape index (κ3) is 4.57. The van der Waals surface area contributed by atoms with Crippen LogP contribution in [0.4, 0.5) is 5.82 Å². The van der Waals surface area contributed by atoms with E-state index in [1.165, 1.54) is 16.4 Å². The molecule has 4 aromatic rings. The molecule has 3 heterocycles. The number of benzene rings is 1. The lowest BCUT2D eigenvalue weighted by molar-refractivity contribution is -0.116. The summed E-state index contributed by atoms with van der Waals surface area (Å²) >= 11 is 0. The maximum absolute atomic E-state index is 12.6. The number of nitrogens with zero attached hydrogens (tertiary/aromatic N) is 5. The van der Waals surface area contributed by atoms with Gasteiger partial charge in [0.25, 0.3) is 0 Å². The van der Waals surface area contributed by atoms with Crippen LogP contribution in [0.3, 0.4) is 0 Å². The first-order valence-electron chi connectivity index (χ1n) is 10.3. The number of carbonyl (C=O) groups is 1. The van der Waals surface area contributed by atoms with E-state index in [9.17, 15) is 10.1 Å². The van der Waals surface area contributed by atoms with Crippen LogP contribution in [0.15, 0.2) is 65.5 Å². The number of aromatic nitrogens is 4. The summed E-state index contributed by atoms with van der Waals surface area (Å²) in [5, 5.41) is 16.3. The summed E-state index contributed by atoms with van der Waals surface area (Å²) in [5.41, 5.74) is 2.45. The van der Waals surface area contributed by atoms with E-state index >= 15 is 0 Å². The van der Waals surface area contributed by atoms with Gasteiger partial charge in [-0.3, -0.25) is 4.79 Å². The molecule has 0 radical (unpaired) electrons. The molecule has 0 aliphatic carbocycles. The second-order valence-electron chi connectivity index (χ2n) is 7.56. The lowest BCUT2D eigenvalue weighted by Gasteiger charge is -2.08. The summed E-state index contributed by atoms with van der Waals surface area (Å²) in [7, 11) is 0. The molecular weight excluding hydrogens is 404 g/mol. The summed E-state index contributed by atoms with van der Waals surface area (Å²) in [6.45, 7) is 4.30. The molecule has 3 aromatic heterocycles. The van der Waals surface area contributed by atoms with Gasteiger partial charge in [-0.1, -0.05) is 44.2 Å². The molecule has 1 amide bonds. The van der Waals surface area contributed by atoms with Crippen LogP contribution in [0, 0.1) is 11.3 Å². The van der Waals surface area contributed by atoms with Crippen molar-refractivity contribution in [3.63, 3.8) is 0 Å². The topological polar surface area (TPSA) is 110 Å². The standard InChI is InChI=1S/C24H22N6O2/c1-16(2)17-6-8-18(9-7-17)20-15-27-23(32-20)11-10-22(31)29-24-19(13-25)14-28-30(24)21-5-3-4-12-26-21/h3-9,12,14-16H,10-11H2,1-2H3,(H,29,31). The third-order valence-electron chi connectivity index (χ3n) is 5.00. The molecule has 0 fully saturated rings. The van der Waals surface area contributed by atoms with E-state index in [4.69, 9.17) is 4.42 Å². The molecule has 0 spiro atoms. The molecule has 0 atom stereocenters. The van der Waals surface area contributed by atoms with Crippen LogP contribution in [0.5, 0.6) is 0 Å². The van der Waals surface area contributed by atoms with Gasteiger partial charge >= 0.3 is 0 Å².